The molecule has 6 nitrogen and oxygen atoms in total. The van der Waals surface area contributed by atoms with Crippen molar-refractivity contribution in [1.29, 1.82) is 0 Å². The highest BCUT2D eigenvalue weighted by molar-refractivity contribution is 7.08. The van der Waals surface area contributed by atoms with E-state index < -0.39 is 12.1 Å². The average Bonchev–Trinajstić information content (AvgIpc) is 3.16. The third-order valence-electron chi connectivity index (χ3n) is 4.12. The summed E-state index contributed by atoms with van der Waals surface area (Å²) in [6, 6.07) is 9.50. The van der Waals surface area contributed by atoms with Gasteiger partial charge in [0.1, 0.15) is 0 Å². The lowest BCUT2D eigenvalue weighted by Crippen LogP contribution is -2.36. The summed E-state index contributed by atoms with van der Waals surface area (Å²) in [5.74, 6) is -0.753. The Kier molecular flexibility index (Phi) is 6.25. The molecule has 1 amide bonds. The molecule has 2 aromatic rings. The Hall–Kier alpha value is -2.38. The van der Waals surface area contributed by atoms with E-state index in [2.05, 4.69) is 10.2 Å². The van der Waals surface area contributed by atoms with E-state index in [1.807, 2.05) is 41.1 Å². The lowest BCUT2D eigenvalue weighted by atomic mass is 10.2. The molecule has 1 N–H and O–H groups in total. The first-order valence-electron chi connectivity index (χ1n) is 8.56. The van der Waals surface area contributed by atoms with Crippen LogP contribution in [0.5, 0.6) is 0 Å². The molecule has 1 fully saturated rings. The summed E-state index contributed by atoms with van der Waals surface area (Å²) < 4.78 is 10.6. The van der Waals surface area contributed by atoms with Crippen LogP contribution in [0.25, 0.3) is 0 Å². The molecule has 1 aliphatic heterocycles. The number of thiophene rings is 1. The van der Waals surface area contributed by atoms with E-state index >= 15 is 0 Å². The second-order valence-electron chi connectivity index (χ2n) is 6.08. The minimum absolute atomic E-state index is 0.176. The van der Waals surface area contributed by atoms with Crippen LogP contribution in [0.2, 0.25) is 0 Å². The van der Waals surface area contributed by atoms with Crippen LogP contribution < -0.4 is 10.2 Å². The van der Waals surface area contributed by atoms with Crippen LogP contribution in [0, 0.1) is 0 Å². The zero-order chi connectivity index (χ0) is 18.4. The number of ether oxygens (including phenoxy) is 2. The molecule has 1 atom stereocenters. The van der Waals surface area contributed by atoms with Crippen molar-refractivity contribution in [3.8, 4) is 0 Å². The maximum atomic E-state index is 12.2. The summed E-state index contributed by atoms with van der Waals surface area (Å²) in [4.78, 5) is 26.3. The number of amides is 1. The quantitative estimate of drug-likeness (QED) is 0.788. The number of anilines is 2. The molecular formula is C19H22N2O4S. The Labute approximate surface area is 156 Å². The smallest absolute Gasteiger partial charge is 0.311 e. The molecule has 2 heterocycles. The maximum Gasteiger partial charge on any atom is 0.311 e. The van der Waals surface area contributed by atoms with Gasteiger partial charge in [0.2, 0.25) is 0 Å². The topological polar surface area (TPSA) is 67.9 Å². The molecule has 1 saturated heterocycles. The van der Waals surface area contributed by atoms with Crippen LogP contribution in [0.4, 0.5) is 11.4 Å². The number of benzene rings is 1. The van der Waals surface area contributed by atoms with Crippen molar-refractivity contribution in [2.45, 2.75) is 19.4 Å². The molecule has 1 aromatic heterocycles. The summed E-state index contributed by atoms with van der Waals surface area (Å²) in [6.45, 7) is 4.76. The number of esters is 1. The molecule has 0 aliphatic carbocycles. The highest BCUT2D eigenvalue weighted by atomic mass is 32.1. The molecule has 0 radical (unpaired) electrons. The summed E-state index contributed by atoms with van der Waals surface area (Å²) in [6.07, 6.45) is -0.671. The van der Waals surface area contributed by atoms with E-state index in [0.29, 0.717) is 5.69 Å². The van der Waals surface area contributed by atoms with E-state index in [-0.39, 0.29) is 12.3 Å². The van der Waals surface area contributed by atoms with Gasteiger partial charge in [-0.2, -0.15) is 11.3 Å². The molecule has 1 aromatic carbocycles. The molecule has 1 aliphatic rings. The molecule has 3 rings (SSSR count). The second kappa shape index (κ2) is 8.82. The largest absolute Gasteiger partial charge is 0.452 e. The number of nitrogens with zero attached hydrogens (tertiary/aromatic N) is 1. The van der Waals surface area contributed by atoms with Crippen molar-refractivity contribution in [2.24, 2.45) is 0 Å². The second-order valence-corrected chi connectivity index (χ2v) is 6.86. The van der Waals surface area contributed by atoms with E-state index in [1.54, 1.807) is 6.92 Å². The Morgan fingerprint density at radius 3 is 2.62 bits per heavy atom. The van der Waals surface area contributed by atoms with Crippen LogP contribution in [0.1, 0.15) is 12.5 Å². The number of morpholine rings is 1. The number of rotatable bonds is 6. The van der Waals surface area contributed by atoms with Gasteiger partial charge in [0.15, 0.2) is 6.10 Å². The minimum Gasteiger partial charge on any atom is -0.452 e. The lowest BCUT2D eigenvalue weighted by molar-refractivity contribution is -0.152. The summed E-state index contributed by atoms with van der Waals surface area (Å²) >= 11 is 1.52. The third kappa shape index (κ3) is 5.06. The normalized spacial score (nSPS) is 15.3. The zero-order valence-electron chi connectivity index (χ0n) is 14.6. The number of nitrogens with one attached hydrogen (secondary N) is 1. The SMILES string of the molecule is C[C@H](OC(=O)Cc1ccsc1)C(=O)Nc1ccc(N2CCOCC2)cc1. The molecular weight excluding hydrogens is 352 g/mol. The van der Waals surface area contributed by atoms with Crippen molar-refractivity contribution >= 4 is 34.6 Å². The van der Waals surface area contributed by atoms with Gasteiger partial charge < -0.3 is 19.7 Å². The maximum absolute atomic E-state index is 12.2. The minimum atomic E-state index is -0.847. The van der Waals surface area contributed by atoms with Gasteiger partial charge in [-0.25, -0.2) is 0 Å². The number of carbonyl (C=O) groups is 2. The average molecular weight is 374 g/mol. The van der Waals surface area contributed by atoms with Gasteiger partial charge in [-0.05, 0) is 53.6 Å². The highest BCUT2D eigenvalue weighted by Gasteiger charge is 2.18. The Bertz CT molecular complexity index is 725. The van der Waals surface area contributed by atoms with Crippen LogP contribution in [-0.2, 0) is 25.5 Å². The summed E-state index contributed by atoms with van der Waals surface area (Å²) in [5, 5.41) is 6.57. The molecule has 0 spiro atoms. The van der Waals surface area contributed by atoms with Crippen LogP contribution >= 0.6 is 11.3 Å². The van der Waals surface area contributed by atoms with Gasteiger partial charge in [-0.3, -0.25) is 9.59 Å². The predicted octanol–water partition coefficient (Wildman–Crippen LogP) is 2.70. The molecule has 26 heavy (non-hydrogen) atoms. The first kappa shape index (κ1) is 18.4. The number of hydrogen-bond acceptors (Lipinski definition) is 6. The Morgan fingerprint density at radius 1 is 1.23 bits per heavy atom. The van der Waals surface area contributed by atoms with Gasteiger partial charge in [0.25, 0.3) is 5.91 Å². The van der Waals surface area contributed by atoms with Crippen LogP contribution in [-0.4, -0.2) is 44.3 Å². The van der Waals surface area contributed by atoms with Gasteiger partial charge in [-0.1, -0.05) is 0 Å². The summed E-state index contributed by atoms with van der Waals surface area (Å²) in [5.41, 5.74) is 2.67. The Morgan fingerprint density at radius 2 is 1.96 bits per heavy atom. The number of hydrogen-bond donors (Lipinski definition) is 1. The molecule has 0 bridgehead atoms. The van der Waals surface area contributed by atoms with Gasteiger partial charge >= 0.3 is 5.97 Å². The molecule has 0 unspecified atom stereocenters. The highest BCUT2D eigenvalue weighted by Crippen LogP contribution is 2.19. The first-order chi connectivity index (χ1) is 12.6. The van der Waals surface area contributed by atoms with Crippen molar-refractivity contribution < 1.29 is 19.1 Å². The van der Waals surface area contributed by atoms with Gasteiger partial charge in [-0.15, -0.1) is 0 Å². The first-order valence-corrected chi connectivity index (χ1v) is 9.50. The molecule has 7 heteroatoms. The van der Waals surface area contributed by atoms with Crippen molar-refractivity contribution in [3.05, 3.63) is 46.7 Å². The van der Waals surface area contributed by atoms with Crippen LogP contribution in [0.15, 0.2) is 41.1 Å². The molecule has 138 valence electrons. The zero-order valence-corrected chi connectivity index (χ0v) is 15.5. The van der Waals surface area contributed by atoms with Crippen molar-refractivity contribution in [2.75, 3.05) is 36.5 Å². The molecule has 0 saturated carbocycles. The van der Waals surface area contributed by atoms with E-state index in [4.69, 9.17) is 9.47 Å². The fraction of sp³-hybridized carbons (Fsp3) is 0.368. The van der Waals surface area contributed by atoms with Crippen molar-refractivity contribution in [1.82, 2.24) is 0 Å². The fourth-order valence-corrected chi connectivity index (χ4v) is 3.34. The van der Waals surface area contributed by atoms with Crippen LogP contribution in [0.3, 0.4) is 0 Å². The standard InChI is InChI=1S/C19H22N2O4S/c1-14(25-18(22)12-15-6-11-26-13-15)19(23)20-16-2-4-17(5-3-16)21-7-9-24-10-8-21/h2-6,11,13-14H,7-10,12H2,1H3,(H,20,23)/t14-/m0/s1. The monoisotopic (exact) mass is 374 g/mol. The number of carbonyl (C=O) groups excluding carboxylic acids is 2. The Balaban J connectivity index is 1.49. The van der Waals surface area contributed by atoms with E-state index in [0.717, 1.165) is 37.6 Å². The lowest BCUT2D eigenvalue weighted by Gasteiger charge is -2.28. The fourth-order valence-electron chi connectivity index (χ4n) is 2.67. The summed E-state index contributed by atoms with van der Waals surface area (Å²) in [7, 11) is 0. The van der Waals surface area contributed by atoms with E-state index in [9.17, 15) is 9.59 Å². The predicted molar refractivity (Wildman–Crippen MR) is 102 cm³/mol. The third-order valence-corrected chi connectivity index (χ3v) is 4.85. The van der Waals surface area contributed by atoms with E-state index in [1.165, 1.54) is 11.3 Å². The van der Waals surface area contributed by atoms with Crippen molar-refractivity contribution in [3.63, 3.8) is 0 Å². The van der Waals surface area contributed by atoms with Gasteiger partial charge in [0.05, 0.1) is 19.6 Å². The van der Waals surface area contributed by atoms with Gasteiger partial charge in [0, 0.05) is 24.5 Å².